The quantitative estimate of drug-likeness (QED) is 0.0772. The van der Waals surface area contributed by atoms with E-state index in [9.17, 15) is 9.59 Å². The summed E-state index contributed by atoms with van der Waals surface area (Å²) in [5.41, 5.74) is 6.17. The lowest BCUT2D eigenvalue weighted by Crippen LogP contribution is -2.35. The second-order valence-electron chi connectivity index (χ2n) is 13.3. The minimum atomic E-state index is -0.843. The highest BCUT2D eigenvalue weighted by Crippen LogP contribution is 2.41. The first-order chi connectivity index (χ1) is 24.2. The van der Waals surface area contributed by atoms with Crippen LogP contribution in [0.1, 0.15) is 54.2 Å². The highest BCUT2D eigenvalue weighted by Gasteiger charge is 2.33. The average Bonchev–Trinajstić information content (AvgIpc) is 3.81. The van der Waals surface area contributed by atoms with Crippen LogP contribution in [-0.4, -0.2) is 85.6 Å². The summed E-state index contributed by atoms with van der Waals surface area (Å²) in [5, 5.41) is 0. The third-order valence-electron chi connectivity index (χ3n) is 8.65. The fraction of sp³-hybridized carbons (Fsp3) is 0.538. The van der Waals surface area contributed by atoms with Gasteiger partial charge >= 0.3 is 11.9 Å². The van der Waals surface area contributed by atoms with Gasteiger partial charge < -0.3 is 18.9 Å². The van der Waals surface area contributed by atoms with E-state index in [2.05, 4.69) is 79.0 Å². The maximum Gasteiger partial charge on any atom is 0.331 e. The lowest BCUT2D eigenvalue weighted by atomic mass is 9.76. The number of esters is 2. The Morgan fingerprint density at radius 2 is 1.25 bits per heavy atom. The Hall–Kier alpha value is -1.44. The van der Waals surface area contributed by atoms with Gasteiger partial charge in [0.1, 0.15) is 30.8 Å². The molecule has 0 spiro atoms. The predicted octanol–water partition coefficient (Wildman–Crippen LogP) is 9.63. The van der Waals surface area contributed by atoms with Crippen molar-refractivity contribution in [3.8, 4) is 11.5 Å². The van der Waals surface area contributed by atoms with Crippen LogP contribution in [0.5, 0.6) is 11.5 Å². The topological polar surface area (TPSA) is 71.1 Å². The lowest BCUT2D eigenvalue weighted by Gasteiger charge is -2.31. The van der Waals surface area contributed by atoms with E-state index < -0.39 is 16.9 Å². The fourth-order valence-corrected chi connectivity index (χ4v) is 14.4. The van der Waals surface area contributed by atoms with Crippen LogP contribution in [-0.2, 0) is 24.5 Å². The van der Waals surface area contributed by atoms with Gasteiger partial charge in [-0.25, -0.2) is 9.59 Å². The molecule has 2 unspecified atom stereocenters. The van der Waals surface area contributed by atoms with Crippen molar-refractivity contribution in [3.63, 3.8) is 0 Å². The standard InChI is InChI=1S/C39H52O6S6/c1-10-32(40)44-31(21-46-22-34-47-12-13-48-34)20-42-36-25(3)16-29(17-26(36)4)38(7,8)30-18-27(5)37(28(6)19-30)43-24-39(9,45-33(41)11-2)51-23-35-49-14-15-50-35/h10-11,16-19,31,34-35H,1-2,12-15,20-24H2,3-9H3. The van der Waals surface area contributed by atoms with Crippen LogP contribution in [0.15, 0.2) is 49.6 Å². The zero-order chi connectivity index (χ0) is 37.2. The SMILES string of the molecule is C=CC(=O)OC(COc1c(C)cc(C(C)(C)c2cc(C)c(OCC(C)(OC(=O)C=C)SCC3SCCS3)c(C)c2)cc1C)CSCC1SCCS1. The van der Waals surface area contributed by atoms with Gasteiger partial charge in [0.05, 0.1) is 9.16 Å². The summed E-state index contributed by atoms with van der Waals surface area (Å²) < 4.78 is 25.4. The summed E-state index contributed by atoms with van der Waals surface area (Å²) in [6.07, 6.45) is 2.06. The first kappa shape index (κ1) is 42.3. The average molecular weight is 809 g/mol. The molecule has 0 N–H and O–H groups in total. The van der Waals surface area contributed by atoms with Gasteiger partial charge in [0.15, 0.2) is 4.93 Å². The Morgan fingerprint density at radius 3 is 1.75 bits per heavy atom. The molecule has 280 valence electrons. The molecule has 2 aliphatic heterocycles. The summed E-state index contributed by atoms with van der Waals surface area (Å²) in [7, 11) is 0. The Kier molecular flexibility index (Phi) is 16.4. The number of hydrogen-bond donors (Lipinski definition) is 0. The van der Waals surface area contributed by atoms with E-state index in [0.717, 1.165) is 56.8 Å². The maximum atomic E-state index is 12.3. The maximum absolute atomic E-state index is 12.3. The van der Waals surface area contributed by atoms with Crippen molar-refractivity contribution < 1.29 is 28.5 Å². The molecule has 0 saturated carbocycles. The van der Waals surface area contributed by atoms with Gasteiger partial charge in [0.25, 0.3) is 0 Å². The molecule has 0 amide bonds. The van der Waals surface area contributed by atoms with Crippen molar-refractivity contribution in [1.29, 1.82) is 0 Å². The summed E-state index contributed by atoms with van der Waals surface area (Å²) in [4.78, 5) is 23.5. The molecule has 0 bridgehead atoms. The van der Waals surface area contributed by atoms with E-state index in [1.54, 1.807) is 11.8 Å². The predicted molar refractivity (Wildman–Crippen MR) is 227 cm³/mol. The number of hydrogen-bond acceptors (Lipinski definition) is 12. The highest BCUT2D eigenvalue weighted by molar-refractivity contribution is 8.21. The zero-order valence-corrected chi connectivity index (χ0v) is 35.8. The molecule has 4 rings (SSSR count). The molecular formula is C39H52O6S6. The number of carbonyl (C=O) groups excluding carboxylic acids is 2. The number of benzene rings is 2. The molecule has 0 aromatic heterocycles. The normalized spacial score (nSPS) is 17.1. The van der Waals surface area contributed by atoms with Crippen molar-refractivity contribution in [2.75, 3.05) is 53.5 Å². The van der Waals surface area contributed by atoms with Gasteiger partial charge in [0, 0.05) is 57.8 Å². The van der Waals surface area contributed by atoms with Crippen LogP contribution in [0, 0.1) is 27.7 Å². The van der Waals surface area contributed by atoms with Crippen molar-refractivity contribution in [2.24, 2.45) is 0 Å². The van der Waals surface area contributed by atoms with Gasteiger partial charge in [-0.3, -0.25) is 0 Å². The number of thioether (sulfide) groups is 6. The molecular weight excluding hydrogens is 757 g/mol. The molecule has 2 atom stereocenters. The molecule has 2 fully saturated rings. The Bertz CT molecular complexity index is 1490. The van der Waals surface area contributed by atoms with Gasteiger partial charge in [0.2, 0.25) is 0 Å². The van der Waals surface area contributed by atoms with E-state index in [1.807, 2.05) is 65.7 Å². The Morgan fingerprint density at radius 1 is 0.784 bits per heavy atom. The molecule has 6 nitrogen and oxygen atoms in total. The fourth-order valence-electron chi connectivity index (χ4n) is 5.85. The molecule has 0 aliphatic carbocycles. The van der Waals surface area contributed by atoms with Crippen LogP contribution < -0.4 is 9.47 Å². The second kappa shape index (κ2) is 19.8. The molecule has 2 saturated heterocycles. The van der Waals surface area contributed by atoms with Gasteiger partial charge in [-0.15, -0.1) is 58.8 Å². The molecule has 2 aromatic carbocycles. The van der Waals surface area contributed by atoms with Crippen molar-refractivity contribution in [1.82, 2.24) is 0 Å². The van der Waals surface area contributed by atoms with E-state index in [0.29, 0.717) is 14.9 Å². The van der Waals surface area contributed by atoms with Gasteiger partial charge in [-0.2, -0.15) is 11.8 Å². The van der Waals surface area contributed by atoms with Gasteiger partial charge in [-0.05, 0) is 68.0 Å². The number of rotatable bonds is 19. The number of aryl methyl sites for hydroxylation is 4. The van der Waals surface area contributed by atoms with Crippen molar-refractivity contribution in [2.45, 2.75) is 74.1 Å². The highest BCUT2D eigenvalue weighted by atomic mass is 32.2. The van der Waals surface area contributed by atoms with Crippen molar-refractivity contribution >= 4 is 82.5 Å². The minimum Gasteiger partial charge on any atom is -0.489 e. The zero-order valence-electron chi connectivity index (χ0n) is 30.9. The van der Waals surface area contributed by atoms with Crippen LogP contribution >= 0.6 is 70.6 Å². The summed E-state index contributed by atoms with van der Waals surface area (Å²) >= 11 is 11.3. The van der Waals surface area contributed by atoms with Gasteiger partial charge in [-0.1, -0.05) is 51.3 Å². The third-order valence-corrected chi connectivity index (χ3v) is 18.0. The van der Waals surface area contributed by atoms with E-state index in [4.69, 9.17) is 18.9 Å². The molecule has 12 heteroatoms. The monoisotopic (exact) mass is 808 g/mol. The molecule has 0 radical (unpaired) electrons. The van der Waals surface area contributed by atoms with Crippen LogP contribution in [0.2, 0.25) is 0 Å². The molecule has 2 aliphatic rings. The minimum absolute atomic E-state index is 0.231. The lowest BCUT2D eigenvalue weighted by molar-refractivity contribution is -0.146. The molecule has 2 heterocycles. The molecule has 2 aromatic rings. The van der Waals surface area contributed by atoms with Crippen LogP contribution in [0.4, 0.5) is 0 Å². The largest absolute Gasteiger partial charge is 0.489 e. The second-order valence-corrected chi connectivity index (χ2v) is 21.7. The summed E-state index contributed by atoms with van der Waals surface area (Å²) in [5.74, 6) is 8.03. The van der Waals surface area contributed by atoms with Crippen LogP contribution in [0.3, 0.4) is 0 Å². The van der Waals surface area contributed by atoms with E-state index in [-0.39, 0.29) is 24.7 Å². The first-order valence-electron chi connectivity index (χ1n) is 17.1. The van der Waals surface area contributed by atoms with Crippen LogP contribution in [0.25, 0.3) is 0 Å². The Balaban J connectivity index is 1.45. The van der Waals surface area contributed by atoms with E-state index >= 15 is 0 Å². The first-order valence-corrected chi connectivity index (χ1v) is 23.4. The third kappa shape index (κ3) is 12.3. The van der Waals surface area contributed by atoms with E-state index in [1.165, 1.54) is 34.8 Å². The summed E-state index contributed by atoms with van der Waals surface area (Å²) in [6.45, 7) is 22.4. The number of carbonyl (C=O) groups is 2. The molecule has 51 heavy (non-hydrogen) atoms. The van der Waals surface area contributed by atoms with Crippen molar-refractivity contribution in [3.05, 3.63) is 83.0 Å². The number of ether oxygens (including phenoxy) is 4. The smallest absolute Gasteiger partial charge is 0.331 e. The Labute approximate surface area is 330 Å². The summed E-state index contributed by atoms with van der Waals surface area (Å²) in [6, 6.07) is 8.79.